The lowest BCUT2D eigenvalue weighted by atomic mass is 9.62. The average molecular weight is 516 g/mol. The van der Waals surface area contributed by atoms with Crippen molar-refractivity contribution in [3.8, 4) is 5.75 Å². The van der Waals surface area contributed by atoms with Gasteiger partial charge in [0.2, 0.25) is 17.7 Å². The Morgan fingerprint density at radius 2 is 1.86 bits per heavy atom. The van der Waals surface area contributed by atoms with E-state index in [1.165, 1.54) is 0 Å². The van der Waals surface area contributed by atoms with E-state index in [-0.39, 0.29) is 30.2 Å². The van der Waals surface area contributed by atoms with Crippen LogP contribution >= 0.6 is 0 Å². The monoisotopic (exact) mass is 515 g/mol. The first kappa shape index (κ1) is 27.4. The number of fused-ring (bicyclic) bond motifs is 1. The van der Waals surface area contributed by atoms with Crippen molar-refractivity contribution in [2.45, 2.75) is 76.5 Å². The molecule has 3 aliphatic heterocycles. The predicted octanol–water partition coefficient (Wildman–Crippen LogP) is 2.72. The summed E-state index contributed by atoms with van der Waals surface area (Å²) in [6.07, 6.45) is 4.44. The number of hydrogen-bond acceptors (Lipinski definition) is 6. The van der Waals surface area contributed by atoms with Crippen LogP contribution in [0.3, 0.4) is 0 Å². The number of hydrogen-bond donors (Lipinski definition) is 3. The fourth-order valence-electron chi connectivity index (χ4n) is 6.67. The van der Waals surface area contributed by atoms with E-state index in [1.54, 1.807) is 36.3 Å². The van der Waals surface area contributed by atoms with Gasteiger partial charge in [0.15, 0.2) is 0 Å². The number of carbonyl (C=O) groups excluding carboxylic acids is 3. The van der Waals surface area contributed by atoms with Crippen molar-refractivity contribution in [2.75, 3.05) is 32.1 Å². The highest BCUT2D eigenvalue weighted by Gasteiger charge is 2.79. The second-order valence-electron chi connectivity index (χ2n) is 10.9. The van der Waals surface area contributed by atoms with Gasteiger partial charge in [-0.05, 0) is 62.8 Å². The van der Waals surface area contributed by atoms with Gasteiger partial charge in [0, 0.05) is 25.4 Å². The summed E-state index contributed by atoms with van der Waals surface area (Å²) in [4.78, 5) is 43.0. The summed E-state index contributed by atoms with van der Waals surface area (Å²) in [6, 6.07) is 6.23. The Hall–Kier alpha value is -2.65. The number of unbranched alkanes of at least 4 members (excludes halogenated alkanes) is 3. The van der Waals surface area contributed by atoms with Crippen molar-refractivity contribution in [1.82, 2.24) is 10.2 Å². The molecule has 6 atom stereocenters. The van der Waals surface area contributed by atoms with E-state index in [0.29, 0.717) is 43.8 Å². The molecule has 3 amide bonds. The summed E-state index contributed by atoms with van der Waals surface area (Å²) in [5.41, 5.74) is -1.27. The topological polar surface area (TPSA) is 117 Å². The molecule has 37 heavy (non-hydrogen) atoms. The van der Waals surface area contributed by atoms with Gasteiger partial charge in [0.1, 0.15) is 17.4 Å². The van der Waals surface area contributed by atoms with Crippen molar-refractivity contribution < 1.29 is 29.0 Å². The largest absolute Gasteiger partial charge is 0.497 e. The second kappa shape index (κ2) is 11.0. The molecule has 3 unspecified atom stereocenters. The molecule has 0 aliphatic carbocycles. The highest BCUT2D eigenvalue weighted by atomic mass is 16.5. The van der Waals surface area contributed by atoms with Crippen LogP contribution in [0.1, 0.15) is 59.3 Å². The van der Waals surface area contributed by atoms with Gasteiger partial charge in [-0.1, -0.05) is 26.7 Å². The van der Waals surface area contributed by atoms with E-state index in [2.05, 4.69) is 10.6 Å². The van der Waals surface area contributed by atoms with Crippen LogP contribution in [0.25, 0.3) is 0 Å². The number of aliphatic hydroxyl groups is 1. The lowest BCUT2D eigenvalue weighted by Gasteiger charge is -2.36. The number of methoxy groups -OCH3 is 1. The summed E-state index contributed by atoms with van der Waals surface area (Å²) in [5.74, 6) is -1.31. The van der Waals surface area contributed by atoms with E-state index in [4.69, 9.17) is 14.6 Å². The summed E-state index contributed by atoms with van der Waals surface area (Å²) >= 11 is 0. The summed E-state index contributed by atoms with van der Waals surface area (Å²) in [7, 11) is 1.58. The molecule has 9 nitrogen and oxygen atoms in total. The third kappa shape index (κ3) is 4.72. The Morgan fingerprint density at radius 1 is 1.16 bits per heavy atom. The zero-order valence-corrected chi connectivity index (χ0v) is 22.4. The number of ether oxygens (including phenoxy) is 2. The van der Waals surface area contributed by atoms with Crippen LogP contribution in [0, 0.1) is 17.8 Å². The molecule has 3 heterocycles. The molecule has 3 N–H and O–H groups in total. The van der Waals surface area contributed by atoms with Crippen LogP contribution in [0.4, 0.5) is 5.69 Å². The fraction of sp³-hybridized carbons (Fsp3) is 0.679. The van der Waals surface area contributed by atoms with E-state index in [0.717, 1.165) is 19.3 Å². The number of likely N-dealkylation sites (tertiary alicyclic amines) is 1. The van der Waals surface area contributed by atoms with E-state index in [1.807, 2.05) is 20.8 Å². The van der Waals surface area contributed by atoms with Crippen molar-refractivity contribution in [3.05, 3.63) is 24.3 Å². The molecule has 204 valence electrons. The van der Waals surface area contributed by atoms with Crippen LogP contribution in [0.2, 0.25) is 0 Å². The maximum absolute atomic E-state index is 14.0. The third-order valence-corrected chi connectivity index (χ3v) is 8.56. The van der Waals surface area contributed by atoms with Crippen LogP contribution in [-0.2, 0) is 19.1 Å². The number of carbonyl (C=O) groups is 3. The average Bonchev–Trinajstić information content (AvgIpc) is 3.39. The Balaban J connectivity index is 1.66. The predicted molar refractivity (Wildman–Crippen MR) is 139 cm³/mol. The Labute approximate surface area is 219 Å². The number of anilines is 1. The zero-order chi connectivity index (χ0) is 26.8. The first-order valence-electron chi connectivity index (χ1n) is 13.6. The van der Waals surface area contributed by atoms with Gasteiger partial charge in [-0.15, -0.1) is 0 Å². The number of rotatable bonds is 12. The molecule has 4 rings (SSSR count). The molecule has 1 aromatic rings. The molecule has 0 aromatic heterocycles. The molecule has 3 fully saturated rings. The van der Waals surface area contributed by atoms with E-state index in [9.17, 15) is 14.4 Å². The van der Waals surface area contributed by atoms with Crippen molar-refractivity contribution in [3.63, 3.8) is 0 Å². The number of amides is 3. The van der Waals surface area contributed by atoms with Gasteiger partial charge in [0.25, 0.3) is 0 Å². The maximum atomic E-state index is 14.0. The molecule has 2 bridgehead atoms. The van der Waals surface area contributed by atoms with Gasteiger partial charge in [-0.25, -0.2) is 0 Å². The number of benzene rings is 1. The first-order valence-corrected chi connectivity index (χ1v) is 13.6. The summed E-state index contributed by atoms with van der Waals surface area (Å²) < 4.78 is 11.9. The van der Waals surface area contributed by atoms with Gasteiger partial charge >= 0.3 is 0 Å². The Morgan fingerprint density at radius 3 is 2.51 bits per heavy atom. The third-order valence-electron chi connectivity index (χ3n) is 8.56. The normalized spacial score (nSPS) is 31.9. The molecule has 1 aromatic carbocycles. The molecular formula is C28H41N3O6. The first-order chi connectivity index (χ1) is 17.7. The molecule has 0 saturated carbocycles. The number of nitrogens with zero attached hydrogens (tertiary/aromatic N) is 1. The van der Waals surface area contributed by atoms with Crippen molar-refractivity contribution in [2.24, 2.45) is 17.8 Å². The fourth-order valence-corrected chi connectivity index (χ4v) is 6.67. The maximum Gasteiger partial charge on any atom is 0.250 e. The van der Waals surface area contributed by atoms with Crippen LogP contribution in [0.5, 0.6) is 5.75 Å². The number of aliphatic hydroxyl groups excluding tert-OH is 1. The van der Waals surface area contributed by atoms with E-state index >= 15 is 0 Å². The molecule has 0 radical (unpaired) electrons. The smallest absolute Gasteiger partial charge is 0.250 e. The Kier molecular flexibility index (Phi) is 8.14. The molecular weight excluding hydrogens is 474 g/mol. The minimum Gasteiger partial charge on any atom is -0.497 e. The highest BCUT2D eigenvalue weighted by molar-refractivity contribution is 6.03. The second-order valence-corrected chi connectivity index (χ2v) is 10.9. The standard InChI is InChI=1S/C28H41N3O6/c1-5-14-29-24(33)21-22-26(35)31(15-8-6-7-9-16-32)23(28(22)17-18(2)27(21,3)37-28)25(34)30-19-10-12-20(36-4)13-11-19/h10-13,18,21-23,32H,5-9,14-17H2,1-4H3,(H,29,33)(H,30,34)/t18?,21-,22+,23?,27+,28?/m1/s1. The van der Waals surface area contributed by atoms with Gasteiger partial charge in [0.05, 0.1) is 24.5 Å². The minimum absolute atomic E-state index is 0.00900. The molecule has 3 saturated heterocycles. The Bertz CT molecular complexity index is 1000. The highest BCUT2D eigenvalue weighted by Crippen LogP contribution is 2.65. The molecule has 9 heteroatoms. The van der Waals surface area contributed by atoms with Gasteiger partial charge < -0.3 is 30.1 Å². The molecule has 1 spiro atoms. The zero-order valence-electron chi connectivity index (χ0n) is 22.4. The SMILES string of the molecule is CCCNC(=O)[C@H]1[C@H]2C(=O)N(CCCCCCO)C(C(=O)Nc3ccc(OC)cc3)C23CC(C)[C@]1(C)O3. The van der Waals surface area contributed by atoms with Crippen LogP contribution in [0.15, 0.2) is 24.3 Å². The molecule has 3 aliphatic rings. The summed E-state index contributed by atoms with van der Waals surface area (Å²) in [5, 5.41) is 15.1. The lowest BCUT2D eigenvalue weighted by Crippen LogP contribution is -2.54. The van der Waals surface area contributed by atoms with Crippen LogP contribution in [-0.4, -0.2) is 71.8 Å². The van der Waals surface area contributed by atoms with Crippen LogP contribution < -0.4 is 15.4 Å². The van der Waals surface area contributed by atoms with E-state index < -0.39 is 29.1 Å². The lowest BCUT2D eigenvalue weighted by molar-refractivity contribution is -0.146. The van der Waals surface area contributed by atoms with Gasteiger partial charge in [-0.2, -0.15) is 0 Å². The quantitative estimate of drug-likeness (QED) is 0.369. The van der Waals surface area contributed by atoms with Gasteiger partial charge in [-0.3, -0.25) is 14.4 Å². The number of nitrogens with one attached hydrogen (secondary N) is 2. The minimum atomic E-state index is -1.05. The van der Waals surface area contributed by atoms with Crippen molar-refractivity contribution in [1.29, 1.82) is 0 Å². The van der Waals surface area contributed by atoms with Crippen molar-refractivity contribution >= 4 is 23.4 Å². The summed E-state index contributed by atoms with van der Waals surface area (Å²) in [6.45, 7) is 7.03.